The van der Waals surface area contributed by atoms with Gasteiger partial charge < -0.3 is 19.7 Å². The van der Waals surface area contributed by atoms with Crippen LogP contribution in [0.2, 0.25) is 0 Å². The Kier molecular flexibility index (Phi) is 6.60. The zero-order valence-corrected chi connectivity index (χ0v) is 17.4. The van der Waals surface area contributed by atoms with E-state index in [1.807, 2.05) is 68.1 Å². The molecule has 0 aromatic heterocycles. The van der Waals surface area contributed by atoms with E-state index in [4.69, 9.17) is 9.47 Å². The molecule has 5 heteroatoms. The highest BCUT2D eigenvalue weighted by Crippen LogP contribution is 2.31. The number of carbonyl (C=O) groups is 1. The fraction of sp³-hybridized carbons (Fsp3) is 0.292. The van der Waals surface area contributed by atoms with E-state index in [-0.39, 0.29) is 5.91 Å². The highest BCUT2D eigenvalue weighted by atomic mass is 16.5. The number of carbonyl (C=O) groups excluding carboxylic acids is 1. The highest BCUT2D eigenvalue weighted by Gasteiger charge is 2.22. The minimum Gasteiger partial charge on any atom is -0.493 e. The second kappa shape index (κ2) is 9.32. The largest absolute Gasteiger partial charge is 0.493 e. The molecule has 1 N–H and O–H groups in total. The summed E-state index contributed by atoms with van der Waals surface area (Å²) in [4.78, 5) is 15.1. The molecule has 3 rings (SSSR count). The predicted octanol–water partition coefficient (Wildman–Crippen LogP) is 5.10. The van der Waals surface area contributed by atoms with E-state index in [1.165, 1.54) is 0 Å². The molecule has 0 saturated heterocycles. The lowest BCUT2D eigenvalue weighted by molar-refractivity contribution is -0.118. The number of fused-ring (bicyclic) bond motifs is 1. The SMILES string of the molecule is CCOc1ccc(N[C@@H](C)C(=O)N(CC)c2cccc3ccccc23)cc1OC. The van der Waals surface area contributed by atoms with Gasteiger partial charge >= 0.3 is 0 Å². The summed E-state index contributed by atoms with van der Waals surface area (Å²) in [5, 5.41) is 5.48. The van der Waals surface area contributed by atoms with Crippen LogP contribution in [0.3, 0.4) is 0 Å². The van der Waals surface area contributed by atoms with Crippen molar-refractivity contribution in [2.75, 3.05) is 30.5 Å². The van der Waals surface area contributed by atoms with Crippen molar-refractivity contribution in [3.8, 4) is 11.5 Å². The van der Waals surface area contributed by atoms with Crippen molar-refractivity contribution in [2.24, 2.45) is 0 Å². The zero-order valence-electron chi connectivity index (χ0n) is 17.4. The maximum atomic E-state index is 13.3. The van der Waals surface area contributed by atoms with Crippen LogP contribution in [-0.2, 0) is 4.79 Å². The quantitative estimate of drug-likeness (QED) is 0.579. The number of anilines is 2. The summed E-state index contributed by atoms with van der Waals surface area (Å²) in [7, 11) is 1.61. The first-order valence-electron chi connectivity index (χ1n) is 9.95. The third-order valence-corrected chi connectivity index (χ3v) is 4.86. The Balaban J connectivity index is 1.83. The van der Waals surface area contributed by atoms with Gasteiger partial charge in [0.2, 0.25) is 5.91 Å². The molecule has 0 spiro atoms. The molecule has 0 saturated carbocycles. The second-order valence-corrected chi connectivity index (χ2v) is 6.75. The average Bonchev–Trinajstić information content (AvgIpc) is 2.75. The number of likely N-dealkylation sites (N-methyl/N-ethyl adjacent to an activating group) is 1. The van der Waals surface area contributed by atoms with Crippen molar-refractivity contribution < 1.29 is 14.3 Å². The molecule has 0 aliphatic carbocycles. The molecule has 0 radical (unpaired) electrons. The molecule has 5 nitrogen and oxygen atoms in total. The Bertz CT molecular complexity index is 982. The van der Waals surface area contributed by atoms with Crippen LogP contribution in [0.5, 0.6) is 11.5 Å². The molecule has 152 valence electrons. The summed E-state index contributed by atoms with van der Waals surface area (Å²) in [6.45, 7) is 6.95. The third-order valence-electron chi connectivity index (χ3n) is 4.86. The molecular weight excluding hydrogens is 364 g/mol. The Labute approximate surface area is 172 Å². The van der Waals surface area contributed by atoms with Crippen LogP contribution >= 0.6 is 0 Å². The number of ether oxygens (including phenoxy) is 2. The van der Waals surface area contributed by atoms with Gasteiger partial charge in [0.25, 0.3) is 0 Å². The standard InChI is InChI=1S/C24H28N2O3/c1-5-26(21-13-9-11-18-10-7-8-12-20(18)21)24(27)17(3)25-19-14-15-22(29-6-2)23(16-19)28-4/h7-17,25H,5-6H2,1-4H3/t17-/m0/s1. The van der Waals surface area contributed by atoms with Crippen LogP contribution < -0.4 is 19.7 Å². The number of hydrogen-bond donors (Lipinski definition) is 1. The Hall–Kier alpha value is -3.21. The number of benzene rings is 3. The molecule has 0 heterocycles. The molecule has 0 bridgehead atoms. The molecule has 29 heavy (non-hydrogen) atoms. The summed E-state index contributed by atoms with van der Waals surface area (Å²) < 4.78 is 11.0. The minimum atomic E-state index is -0.406. The number of rotatable bonds is 8. The molecule has 3 aromatic rings. The van der Waals surface area contributed by atoms with Crippen LogP contribution in [-0.4, -0.2) is 32.2 Å². The van der Waals surface area contributed by atoms with E-state index in [9.17, 15) is 4.79 Å². The van der Waals surface area contributed by atoms with E-state index >= 15 is 0 Å². The van der Waals surface area contributed by atoms with Gasteiger partial charge in [-0.15, -0.1) is 0 Å². The fourth-order valence-corrected chi connectivity index (χ4v) is 3.47. The predicted molar refractivity (Wildman–Crippen MR) is 119 cm³/mol. The minimum absolute atomic E-state index is 0.0108. The van der Waals surface area contributed by atoms with Gasteiger partial charge in [-0.25, -0.2) is 0 Å². The topological polar surface area (TPSA) is 50.8 Å². The van der Waals surface area contributed by atoms with Gasteiger partial charge in [0.1, 0.15) is 6.04 Å². The van der Waals surface area contributed by atoms with Crippen molar-refractivity contribution in [1.29, 1.82) is 0 Å². The molecular formula is C24H28N2O3. The van der Waals surface area contributed by atoms with Gasteiger partial charge in [-0.2, -0.15) is 0 Å². The molecule has 0 aliphatic rings. The third kappa shape index (κ3) is 4.45. The van der Waals surface area contributed by atoms with E-state index in [2.05, 4.69) is 23.5 Å². The first-order valence-corrected chi connectivity index (χ1v) is 9.95. The zero-order chi connectivity index (χ0) is 20.8. The average molecular weight is 392 g/mol. The van der Waals surface area contributed by atoms with Crippen molar-refractivity contribution in [3.63, 3.8) is 0 Å². The van der Waals surface area contributed by atoms with Crippen molar-refractivity contribution >= 4 is 28.1 Å². The molecule has 1 atom stereocenters. The lowest BCUT2D eigenvalue weighted by Crippen LogP contribution is -2.41. The Morgan fingerprint density at radius 2 is 1.79 bits per heavy atom. The van der Waals surface area contributed by atoms with Gasteiger partial charge in [0, 0.05) is 23.7 Å². The fourth-order valence-electron chi connectivity index (χ4n) is 3.47. The van der Waals surface area contributed by atoms with Crippen molar-refractivity contribution in [3.05, 3.63) is 60.7 Å². The second-order valence-electron chi connectivity index (χ2n) is 6.75. The number of nitrogens with one attached hydrogen (secondary N) is 1. The van der Waals surface area contributed by atoms with Crippen LogP contribution in [0.25, 0.3) is 10.8 Å². The Morgan fingerprint density at radius 3 is 2.52 bits per heavy atom. The van der Waals surface area contributed by atoms with Gasteiger partial charge in [0.15, 0.2) is 11.5 Å². The molecule has 0 fully saturated rings. The van der Waals surface area contributed by atoms with Crippen LogP contribution in [0.15, 0.2) is 60.7 Å². The van der Waals surface area contributed by atoms with E-state index in [1.54, 1.807) is 7.11 Å². The summed E-state index contributed by atoms with van der Waals surface area (Å²) >= 11 is 0. The smallest absolute Gasteiger partial charge is 0.249 e. The maximum Gasteiger partial charge on any atom is 0.249 e. The van der Waals surface area contributed by atoms with Gasteiger partial charge in [-0.05, 0) is 44.4 Å². The molecule has 0 aliphatic heterocycles. The summed E-state index contributed by atoms with van der Waals surface area (Å²) in [5.41, 5.74) is 1.73. The number of hydrogen-bond acceptors (Lipinski definition) is 4. The molecule has 3 aromatic carbocycles. The number of nitrogens with zero attached hydrogens (tertiary/aromatic N) is 1. The van der Waals surface area contributed by atoms with Gasteiger partial charge in [-0.1, -0.05) is 36.4 Å². The lowest BCUT2D eigenvalue weighted by atomic mass is 10.1. The summed E-state index contributed by atoms with van der Waals surface area (Å²) in [6.07, 6.45) is 0. The van der Waals surface area contributed by atoms with Gasteiger partial charge in [0.05, 0.1) is 19.4 Å². The van der Waals surface area contributed by atoms with E-state index < -0.39 is 6.04 Å². The number of methoxy groups -OCH3 is 1. The first-order chi connectivity index (χ1) is 14.1. The van der Waals surface area contributed by atoms with Crippen molar-refractivity contribution in [2.45, 2.75) is 26.8 Å². The summed E-state index contributed by atoms with van der Waals surface area (Å²) in [6, 6.07) is 19.4. The van der Waals surface area contributed by atoms with Crippen LogP contribution in [0, 0.1) is 0 Å². The highest BCUT2D eigenvalue weighted by molar-refractivity contribution is 6.06. The monoisotopic (exact) mass is 392 g/mol. The molecule has 0 unspecified atom stereocenters. The normalized spacial score (nSPS) is 11.7. The number of amides is 1. The van der Waals surface area contributed by atoms with Crippen LogP contribution in [0.4, 0.5) is 11.4 Å². The summed E-state index contributed by atoms with van der Waals surface area (Å²) in [5.74, 6) is 1.33. The van der Waals surface area contributed by atoms with E-state index in [0.717, 1.165) is 22.1 Å². The van der Waals surface area contributed by atoms with E-state index in [0.29, 0.717) is 24.7 Å². The Morgan fingerprint density at radius 1 is 1.03 bits per heavy atom. The van der Waals surface area contributed by atoms with Gasteiger partial charge in [-0.3, -0.25) is 4.79 Å². The first kappa shape index (κ1) is 20.5. The van der Waals surface area contributed by atoms with Crippen LogP contribution in [0.1, 0.15) is 20.8 Å². The van der Waals surface area contributed by atoms with Crippen molar-refractivity contribution in [1.82, 2.24) is 0 Å². The molecule has 1 amide bonds. The lowest BCUT2D eigenvalue weighted by Gasteiger charge is -2.27. The maximum absolute atomic E-state index is 13.3.